The molecule has 0 bridgehead atoms. The summed E-state index contributed by atoms with van der Waals surface area (Å²) in [6.45, 7) is 8.22. The molecule has 1 heterocycles. The van der Waals surface area contributed by atoms with E-state index in [0.29, 0.717) is 5.41 Å². The quantitative estimate of drug-likeness (QED) is 0.741. The van der Waals surface area contributed by atoms with Gasteiger partial charge in [0.05, 0.1) is 13.2 Å². The largest absolute Gasteiger partial charge is 0.493 e. The Morgan fingerprint density at radius 1 is 1.35 bits per heavy atom. The minimum Gasteiger partial charge on any atom is -0.493 e. The molecule has 20 heavy (non-hydrogen) atoms. The average molecular weight is 277 g/mol. The molecule has 1 aromatic carbocycles. The standard InChI is InChI=1S/C17H27NO2/c1-17(2,13-18-9-11-19-3)8-6-14-4-5-16-15(12-14)7-10-20-16/h4-5,12,18H,6-11,13H2,1-3H3. The third-order valence-electron chi connectivity index (χ3n) is 3.93. The molecule has 1 aromatic rings. The normalized spacial score (nSPS) is 14.2. The molecule has 3 nitrogen and oxygen atoms in total. The molecule has 0 saturated carbocycles. The zero-order valence-electron chi connectivity index (χ0n) is 13.0. The predicted octanol–water partition coefficient (Wildman–Crippen LogP) is 2.82. The lowest BCUT2D eigenvalue weighted by molar-refractivity contribution is 0.193. The van der Waals surface area contributed by atoms with Crippen LogP contribution in [-0.2, 0) is 17.6 Å². The van der Waals surface area contributed by atoms with Gasteiger partial charge in [-0.2, -0.15) is 0 Å². The van der Waals surface area contributed by atoms with Crippen molar-refractivity contribution in [1.82, 2.24) is 5.32 Å². The molecule has 0 spiro atoms. The molecular weight excluding hydrogens is 250 g/mol. The molecule has 1 aliphatic heterocycles. The number of methoxy groups -OCH3 is 1. The van der Waals surface area contributed by atoms with E-state index < -0.39 is 0 Å². The van der Waals surface area contributed by atoms with Crippen LogP contribution in [0.25, 0.3) is 0 Å². The van der Waals surface area contributed by atoms with Crippen LogP contribution in [0.3, 0.4) is 0 Å². The van der Waals surface area contributed by atoms with E-state index in [-0.39, 0.29) is 0 Å². The summed E-state index contributed by atoms with van der Waals surface area (Å²) in [6, 6.07) is 6.65. The Labute approximate surface area is 122 Å². The number of hydrogen-bond acceptors (Lipinski definition) is 3. The highest BCUT2D eigenvalue weighted by molar-refractivity contribution is 5.39. The molecule has 0 fully saturated rings. The second kappa shape index (κ2) is 7.09. The summed E-state index contributed by atoms with van der Waals surface area (Å²) in [7, 11) is 1.74. The first-order valence-corrected chi connectivity index (χ1v) is 7.55. The van der Waals surface area contributed by atoms with Crippen LogP contribution >= 0.6 is 0 Å². The molecular formula is C17H27NO2. The van der Waals surface area contributed by atoms with E-state index in [1.165, 1.54) is 17.5 Å². The Bertz CT molecular complexity index is 429. The maximum atomic E-state index is 5.55. The number of benzene rings is 1. The third kappa shape index (κ3) is 4.50. The monoisotopic (exact) mass is 277 g/mol. The molecule has 0 radical (unpaired) electrons. The molecule has 0 saturated heterocycles. The summed E-state index contributed by atoms with van der Waals surface area (Å²) < 4.78 is 10.6. The van der Waals surface area contributed by atoms with Crippen molar-refractivity contribution in [3.8, 4) is 5.75 Å². The van der Waals surface area contributed by atoms with Crippen molar-refractivity contribution in [3.05, 3.63) is 29.3 Å². The van der Waals surface area contributed by atoms with Crippen LogP contribution in [0.1, 0.15) is 31.4 Å². The van der Waals surface area contributed by atoms with Gasteiger partial charge in [0.1, 0.15) is 5.75 Å². The summed E-state index contributed by atoms with van der Waals surface area (Å²) in [4.78, 5) is 0. The van der Waals surface area contributed by atoms with E-state index in [1.54, 1.807) is 7.11 Å². The van der Waals surface area contributed by atoms with Gasteiger partial charge in [-0.25, -0.2) is 0 Å². The number of nitrogens with one attached hydrogen (secondary N) is 1. The second-order valence-corrected chi connectivity index (χ2v) is 6.37. The van der Waals surface area contributed by atoms with Crippen LogP contribution in [-0.4, -0.2) is 33.4 Å². The topological polar surface area (TPSA) is 30.5 Å². The lowest BCUT2D eigenvalue weighted by Gasteiger charge is -2.25. The third-order valence-corrected chi connectivity index (χ3v) is 3.93. The number of fused-ring (bicyclic) bond motifs is 1. The molecule has 1 N–H and O–H groups in total. The van der Waals surface area contributed by atoms with Gasteiger partial charge >= 0.3 is 0 Å². The molecule has 112 valence electrons. The van der Waals surface area contributed by atoms with Crippen LogP contribution in [0.2, 0.25) is 0 Å². The van der Waals surface area contributed by atoms with E-state index in [4.69, 9.17) is 9.47 Å². The fourth-order valence-corrected chi connectivity index (χ4v) is 2.57. The summed E-state index contributed by atoms with van der Waals surface area (Å²) in [6.07, 6.45) is 3.38. The lowest BCUT2D eigenvalue weighted by atomic mass is 9.86. The number of aryl methyl sites for hydroxylation is 1. The van der Waals surface area contributed by atoms with Gasteiger partial charge < -0.3 is 14.8 Å². The van der Waals surface area contributed by atoms with Crippen LogP contribution in [0.4, 0.5) is 0 Å². The van der Waals surface area contributed by atoms with Gasteiger partial charge in [0.15, 0.2) is 0 Å². The minimum absolute atomic E-state index is 0.309. The van der Waals surface area contributed by atoms with E-state index >= 15 is 0 Å². The smallest absolute Gasteiger partial charge is 0.122 e. The molecule has 0 unspecified atom stereocenters. The highest BCUT2D eigenvalue weighted by Crippen LogP contribution is 2.28. The summed E-state index contributed by atoms with van der Waals surface area (Å²) in [5, 5.41) is 3.46. The van der Waals surface area contributed by atoms with Gasteiger partial charge in [-0.1, -0.05) is 26.0 Å². The van der Waals surface area contributed by atoms with Crippen molar-refractivity contribution in [3.63, 3.8) is 0 Å². The van der Waals surface area contributed by atoms with Crippen molar-refractivity contribution < 1.29 is 9.47 Å². The average Bonchev–Trinajstić information content (AvgIpc) is 2.89. The Hall–Kier alpha value is -1.06. The first-order valence-electron chi connectivity index (χ1n) is 7.55. The number of ether oxygens (including phenoxy) is 2. The highest BCUT2D eigenvalue weighted by Gasteiger charge is 2.18. The lowest BCUT2D eigenvalue weighted by Crippen LogP contribution is -2.31. The summed E-state index contributed by atoms with van der Waals surface area (Å²) in [5.74, 6) is 1.08. The van der Waals surface area contributed by atoms with Crippen molar-refractivity contribution in [2.24, 2.45) is 5.41 Å². The van der Waals surface area contributed by atoms with Gasteiger partial charge in [0, 0.05) is 26.6 Å². The van der Waals surface area contributed by atoms with Gasteiger partial charge in [-0.15, -0.1) is 0 Å². The van der Waals surface area contributed by atoms with Crippen LogP contribution in [0.15, 0.2) is 18.2 Å². The van der Waals surface area contributed by atoms with E-state index in [1.807, 2.05) is 0 Å². The van der Waals surface area contributed by atoms with E-state index in [2.05, 4.69) is 37.4 Å². The Morgan fingerprint density at radius 3 is 3.00 bits per heavy atom. The molecule has 0 aliphatic carbocycles. The second-order valence-electron chi connectivity index (χ2n) is 6.37. The fourth-order valence-electron chi connectivity index (χ4n) is 2.57. The summed E-state index contributed by atoms with van der Waals surface area (Å²) >= 11 is 0. The SMILES string of the molecule is COCCNCC(C)(C)CCc1ccc2c(c1)CCO2. The van der Waals surface area contributed by atoms with Gasteiger partial charge in [-0.05, 0) is 35.4 Å². The molecule has 2 rings (SSSR count). The van der Waals surface area contributed by atoms with Crippen molar-refractivity contribution in [2.75, 3.05) is 33.4 Å². The van der Waals surface area contributed by atoms with Gasteiger partial charge in [0.25, 0.3) is 0 Å². The highest BCUT2D eigenvalue weighted by atomic mass is 16.5. The predicted molar refractivity (Wildman–Crippen MR) is 82.5 cm³/mol. The minimum atomic E-state index is 0.309. The maximum Gasteiger partial charge on any atom is 0.122 e. The first-order chi connectivity index (χ1) is 9.61. The number of rotatable bonds is 8. The van der Waals surface area contributed by atoms with Crippen LogP contribution in [0, 0.1) is 5.41 Å². The first kappa shape index (κ1) is 15.3. The molecule has 0 atom stereocenters. The zero-order chi connectivity index (χ0) is 14.4. The van der Waals surface area contributed by atoms with Crippen LogP contribution < -0.4 is 10.1 Å². The van der Waals surface area contributed by atoms with Crippen molar-refractivity contribution in [1.29, 1.82) is 0 Å². The fraction of sp³-hybridized carbons (Fsp3) is 0.647. The maximum absolute atomic E-state index is 5.55. The molecule has 3 heteroatoms. The molecule has 0 amide bonds. The van der Waals surface area contributed by atoms with Crippen molar-refractivity contribution >= 4 is 0 Å². The van der Waals surface area contributed by atoms with E-state index in [0.717, 1.165) is 44.9 Å². The van der Waals surface area contributed by atoms with E-state index in [9.17, 15) is 0 Å². The molecule has 1 aliphatic rings. The Morgan fingerprint density at radius 2 is 2.20 bits per heavy atom. The Balaban J connectivity index is 1.78. The zero-order valence-corrected chi connectivity index (χ0v) is 13.0. The Kier molecular flexibility index (Phi) is 5.44. The summed E-state index contributed by atoms with van der Waals surface area (Å²) in [5.41, 5.74) is 3.11. The molecule has 0 aromatic heterocycles. The van der Waals surface area contributed by atoms with Gasteiger partial charge in [-0.3, -0.25) is 0 Å². The van der Waals surface area contributed by atoms with Gasteiger partial charge in [0.2, 0.25) is 0 Å². The van der Waals surface area contributed by atoms with Crippen LogP contribution in [0.5, 0.6) is 5.75 Å². The van der Waals surface area contributed by atoms with Crippen molar-refractivity contribution in [2.45, 2.75) is 33.1 Å². The number of hydrogen-bond donors (Lipinski definition) is 1.